The number of benzene rings is 1. The van der Waals surface area contributed by atoms with Crippen LogP contribution < -0.4 is 25.2 Å². The molecule has 1 aliphatic rings. The van der Waals surface area contributed by atoms with E-state index in [1.807, 2.05) is 23.1 Å². The van der Waals surface area contributed by atoms with Crippen LogP contribution in [0, 0.1) is 5.92 Å². The first kappa shape index (κ1) is 21.6. The van der Waals surface area contributed by atoms with Gasteiger partial charge in [-0.25, -0.2) is 4.68 Å². The molecule has 1 unspecified atom stereocenters. The summed E-state index contributed by atoms with van der Waals surface area (Å²) >= 11 is 0. The molecule has 0 aliphatic carbocycles. The van der Waals surface area contributed by atoms with Crippen LogP contribution in [0.15, 0.2) is 35.3 Å². The van der Waals surface area contributed by atoms with Crippen molar-refractivity contribution in [3.8, 4) is 11.5 Å². The van der Waals surface area contributed by atoms with E-state index in [4.69, 9.17) is 14.2 Å². The van der Waals surface area contributed by atoms with Crippen LogP contribution in [0.5, 0.6) is 11.5 Å². The van der Waals surface area contributed by atoms with Gasteiger partial charge in [0.1, 0.15) is 0 Å². The second kappa shape index (κ2) is 10.1. The lowest BCUT2D eigenvalue weighted by Gasteiger charge is -2.18. The van der Waals surface area contributed by atoms with Gasteiger partial charge in [0.05, 0.1) is 45.2 Å². The number of carbonyl (C=O) groups excluding carboxylic acids is 1. The highest BCUT2D eigenvalue weighted by Gasteiger charge is 2.28. The van der Waals surface area contributed by atoms with E-state index in [9.17, 15) is 9.59 Å². The zero-order chi connectivity index (χ0) is 21.5. The van der Waals surface area contributed by atoms with E-state index in [2.05, 4.69) is 10.4 Å². The van der Waals surface area contributed by atoms with Crippen molar-refractivity contribution < 1.29 is 19.0 Å². The minimum atomic E-state index is -0.175. The number of nitrogens with zero attached hydrogens (tertiary/aromatic N) is 3. The van der Waals surface area contributed by atoms with Crippen molar-refractivity contribution in [2.24, 2.45) is 5.92 Å². The van der Waals surface area contributed by atoms with Crippen LogP contribution in [0.4, 0.5) is 5.69 Å². The van der Waals surface area contributed by atoms with Gasteiger partial charge in [-0.05, 0) is 24.1 Å². The summed E-state index contributed by atoms with van der Waals surface area (Å²) in [6.07, 6.45) is 2.39. The van der Waals surface area contributed by atoms with Crippen molar-refractivity contribution in [3.63, 3.8) is 0 Å². The van der Waals surface area contributed by atoms with E-state index in [1.54, 1.807) is 33.6 Å². The van der Waals surface area contributed by atoms with E-state index in [0.29, 0.717) is 44.3 Å². The summed E-state index contributed by atoms with van der Waals surface area (Å²) < 4.78 is 16.9. The number of methoxy groups -OCH3 is 3. The second-order valence-corrected chi connectivity index (χ2v) is 7.11. The van der Waals surface area contributed by atoms with Gasteiger partial charge in [0.15, 0.2) is 11.5 Å². The minimum Gasteiger partial charge on any atom is -0.493 e. The molecular formula is C21H28N4O5. The first-order chi connectivity index (χ1) is 14.5. The topological polar surface area (TPSA) is 94.9 Å². The number of amides is 1. The Balaban J connectivity index is 1.55. The Bertz CT molecular complexity index is 930. The van der Waals surface area contributed by atoms with Crippen molar-refractivity contribution in [2.45, 2.75) is 19.5 Å². The fourth-order valence-electron chi connectivity index (χ4n) is 3.48. The summed E-state index contributed by atoms with van der Waals surface area (Å²) in [6.45, 7) is 2.51. The fraction of sp³-hybridized carbons (Fsp3) is 0.476. The molecule has 1 aromatic heterocycles. The van der Waals surface area contributed by atoms with Gasteiger partial charge in [-0.1, -0.05) is 6.07 Å². The average molecular weight is 416 g/mol. The number of carbonyl (C=O) groups is 1. The third kappa shape index (κ3) is 5.10. The molecule has 1 aromatic carbocycles. The Hall–Kier alpha value is -3.07. The highest BCUT2D eigenvalue weighted by molar-refractivity contribution is 5.80. The minimum absolute atomic E-state index is 0.00585. The van der Waals surface area contributed by atoms with Crippen LogP contribution >= 0.6 is 0 Å². The van der Waals surface area contributed by atoms with Crippen molar-refractivity contribution in [3.05, 3.63) is 46.4 Å². The fourth-order valence-corrected chi connectivity index (χ4v) is 3.48. The van der Waals surface area contributed by atoms with E-state index in [1.165, 1.54) is 4.68 Å². The van der Waals surface area contributed by atoms with Crippen molar-refractivity contribution >= 4 is 11.6 Å². The predicted octanol–water partition coefficient (Wildman–Crippen LogP) is 1.05. The van der Waals surface area contributed by atoms with Crippen LogP contribution in [0.25, 0.3) is 0 Å². The molecule has 0 saturated carbocycles. The average Bonchev–Trinajstić information content (AvgIpc) is 3.26. The molecule has 9 nitrogen and oxygen atoms in total. The van der Waals surface area contributed by atoms with Crippen LogP contribution in [-0.2, 0) is 22.6 Å². The molecule has 1 amide bonds. The molecule has 1 saturated heterocycles. The molecule has 2 heterocycles. The zero-order valence-corrected chi connectivity index (χ0v) is 17.6. The molecule has 0 radical (unpaired) electrons. The molecule has 3 rings (SSSR count). The molecule has 0 spiro atoms. The lowest BCUT2D eigenvalue weighted by atomic mass is 10.1. The molecular weight excluding hydrogens is 388 g/mol. The van der Waals surface area contributed by atoms with Crippen molar-refractivity contribution in [1.82, 2.24) is 15.1 Å². The lowest BCUT2D eigenvalue weighted by molar-refractivity contribution is -0.124. The predicted molar refractivity (Wildman–Crippen MR) is 112 cm³/mol. The maximum Gasteiger partial charge on any atom is 0.268 e. The SMILES string of the molecule is COCCn1ncc(N2CCC(C(=O)NCc3ccc(OC)c(OC)c3)C2)cc1=O. The summed E-state index contributed by atoms with van der Waals surface area (Å²) in [4.78, 5) is 26.8. The van der Waals surface area contributed by atoms with Crippen LogP contribution in [0.3, 0.4) is 0 Å². The second-order valence-electron chi connectivity index (χ2n) is 7.11. The Morgan fingerprint density at radius 3 is 2.70 bits per heavy atom. The highest BCUT2D eigenvalue weighted by atomic mass is 16.5. The van der Waals surface area contributed by atoms with E-state index >= 15 is 0 Å². The van der Waals surface area contributed by atoms with E-state index < -0.39 is 0 Å². The summed E-state index contributed by atoms with van der Waals surface area (Å²) in [6, 6.07) is 7.13. The van der Waals surface area contributed by atoms with Gasteiger partial charge >= 0.3 is 0 Å². The standard InChI is InChI=1S/C21H28N4O5/c1-28-9-8-25-20(26)11-17(13-23-25)24-7-6-16(14-24)21(27)22-12-15-4-5-18(29-2)19(10-15)30-3/h4-5,10-11,13,16H,6-9,12,14H2,1-3H3,(H,22,27). The molecule has 1 aliphatic heterocycles. The van der Waals surface area contributed by atoms with Crippen LogP contribution in [0.1, 0.15) is 12.0 Å². The Labute approximate surface area is 175 Å². The normalized spacial score (nSPS) is 15.8. The number of ether oxygens (including phenoxy) is 3. The lowest BCUT2D eigenvalue weighted by Crippen LogP contribution is -2.33. The molecule has 30 heavy (non-hydrogen) atoms. The van der Waals surface area contributed by atoms with Gasteiger partial charge in [-0.3, -0.25) is 9.59 Å². The smallest absolute Gasteiger partial charge is 0.268 e. The van der Waals surface area contributed by atoms with Gasteiger partial charge in [-0.15, -0.1) is 0 Å². The maximum atomic E-state index is 12.6. The van der Waals surface area contributed by atoms with Crippen molar-refractivity contribution in [1.29, 1.82) is 0 Å². The number of rotatable bonds is 9. The number of hydrogen-bond acceptors (Lipinski definition) is 7. The van der Waals surface area contributed by atoms with Gasteiger partial charge in [0.25, 0.3) is 5.56 Å². The zero-order valence-electron chi connectivity index (χ0n) is 17.6. The summed E-state index contributed by atoms with van der Waals surface area (Å²) in [5.41, 5.74) is 1.49. The Morgan fingerprint density at radius 2 is 2.00 bits per heavy atom. The number of aromatic nitrogens is 2. The molecule has 0 bridgehead atoms. The summed E-state index contributed by atoms with van der Waals surface area (Å²) in [7, 11) is 4.75. The van der Waals surface area contributed by atoms with Gasteiger partial charge in [0.2, 0.25) is 5.91 Å². The monoisotopic (exact) mass is 416 g/mol. The van der Waals surface area contributed by atoms with Gasteiger partial charge in [0, 0.05) is 32.8 Å². The third-order valence-corrected chi connectivity index (χ3v) is 5.20. The molecule has 2 aromatic rings. The van der Waals surface area contributed by atoms with Gasteiger partial charge < -0.3 is 24.4 Å². The van der Waals surface area contributed by atoms with Crippen molar-refractivity contribution in [2.75, 3.05) is 45.9 Å². The van der Waals surface area contributed by atoms with E-state index in [0.717, 1.165) is 17.7 Å². The number of nitrogens with one attached hydrogen (secondary N) is 1. The molecule has 1 fully saturated rings. The Kier molecular flexibility index (Phi) is 7.29. The van der Waals surface area contributed by atoms with Crippen LogP contribution in [0.2, 0.25) is 0 Å². The highest BCUT2D eigenvalue weighted by Crippen LogP contribution is 2.27. The molecule has 9 heteroatoms. The van der Waals surface area contributed by atoms with E-state index in [-0.39, 0.29) is 17.4 Å². The quantitative estimate of drug-likeness (QED) is 0.653. The summed E-state index contributed by atoms with van der Waals surface area (Å²) in [5, 5.41) is 7.18. The third-order valence-electron chi connectivity index (χ3n) is 5.20. The first-order valence-corrected chi connectivity index (χ1v) is 9.85. The molecule has 1 atom stereocenters. The molecule has 1 N–H and O–H groups in total. The van der Waals surface area contributed by atoms with Gasteiger partial charge in [-0.2, -0.15) is 5.10 Å². The summed E-state index contributed by atoms with van der Waals surface area (Å²) in [5.74, 6) is 1.13. The maximum absolute atomic E-state index is 12.6. The number of anilines is 1. The largest absolute Gasteiger partial charge is 0.493 e. The molecule has 162 valence electrons. The Morgan fingerprint density at radius 1 is 1.20 bits per heavy atom. The van der Waals surface area contributed by atoms with Crippen LogP contribution in [-0.4, -0.2) is 56.7 Å². The number of hydrogen-bond donors (Lipinski definition) is 1. The first-order valence-electron chi connectivity index (χ1n) is 9.85.